The molecule has 0 atom stereocenters. The minimum absolute atomic E-state index is 0.655. The number of hydrogen-bond donors (Lipinski definition) is 0. The molecule has 1 nitrogen and oxygen atoms in total. The molecule has 0 saturated carbocycles. The summed E-state index contributed by atoms with van der Waals surface area (Å²) in [5, 5.41) is 0. The second-order valence-electron chi connectivity index (χ2n) is 4.58. The van der Waals surface area contributed by atoms with E-state index in [4.69, 9.17) is 4.74 Å². The lowest BCUT2D eigenvalue weighted by Crippen LogP contribution is -2.25. The number of hydrogen-bond acceptors (Lipinski definition) is 1. The normalized spacial score (nSPS) is 17.1. The van der Waals surface area contributed by atoms with Gasteiger partial charge >= 0.3 is 0 Å². The summed E-state index contributed by atoms with van der Waals surface area (Å²) in [6, 6.07) is 8.96. The van der Waals surface area contributed by atoms with Crippen LogP contribution < -0.4 is 0 Å². The summed E-state index contributed by atoms with van der Waals surface area (Å²) >= 11 is 0. The van der Waals surface area contributed by atoms with Crippen molar-refractivity contribution < 1.29 is 4.74 Å². The molecular formula is C13H18O. The van der Waals surface area contributed by atoms with Crippen LogP contribution in [-0.2, 0) is 11.2 Å². The fourth-order valence-electron chi connectivity index (χ4n) is 1.87. The largest absolute Gasteiger partial charge is 0.380 e. The van der Waals surface area contributed by atoms with Gasteiger partial charge in [0, 0.05) is 5.92 Å². The second kappa shape index (κ2) is 4.14. The fraction of sp³-hybridized carbons (Fsp3) is 0.538. The summed E-state index contributed by atoms with van der Waals surface area (Å²) < 4.78 is 5.21. The van der Waals surface area contributed by atoms with E-state index in [9.17, 15) is 0 Å². The molecule has 1 fully saturated rings. The van der Waals surface area contributed by atoms with Crippen molar-refractivity contribution in [3.8, 4) is 0 Å². The Bertz CT molecular complexity index is 300. The predicted octanol–water partition coefficient (Wildman–Crippen LogP) is 3.00. The molecule has 0 amide bonds. The lowest BCUT2D eigenvalue weighted by molar-refractivity contribution is 0.00839. The van der Waals surface area contributed by atoms with Gasteiger partial charge in [0.05, 0.1) is 13.2 Å². The first kappa shape index (κ1) is 9.72. The van der Waals surface area contributed by atoms with Crippen molar-refractivity contribution in [1.82, 2.24) is 0 Å². The van der Waals surface area contributed by atoms with Crippen molar-refractivity contribution in [3.05, 3.63) is 35.4 Å². The third-order valence-electron chi connectivity index (χ3n) is 2.70. The zero-order chi connectivity index (χ0) is 9.97. The van der Waals surface area contributed by atoms with Crippen LogP contribution in [0.2, 0.25) is 0 Å². The van der Waals surface area contributed by atoms with E-state index in [0.717, 1.165) is 19.1 Å². The molecule has 0 N–H and O–H groups in total. The van der Waals surface area contributed by atoms with Crippen LogP contribution in [0.1, 0.15) is 30.9 Å². The highest BCUT2D eigenvalue weighted by atomic mass is 16.5. The van der Waals surface area contributed by atoms with Crippen molar-refractivity contribution in [2.45, 2.75) is 26.2 Å². The van der Waals surface area contributed by atoms with Gasteiger partial charge in [-0.05, 0) is 23.5 Å². The van der Waals surface area contributed by atoms with Gasteiger partial charge in [-0.25, -0.2) is 0 Å². The van der Waals surface area contributed by atoms with Crippen molar-refractivity contribution >= 4 is 0 Å². The lowest BCUT2D eigenvalue weighted by Gasteiger charge is -2.26. The van der Waals surface area contributed by atoms with Crippen molar-refractivity contribution in [3.63, 3.8) is 0 Å². The maximum Gasteiger partial charge on any atom is 0.0557 e. The SMILES string of the molecule is CC(C)Cc1cccc(C2COC2)c1. The zero-order valence-corrected chi connectivity index (χ0v) is 8.99. The number of ether oxygens (including phenoxy) is 1. The standard InChI is InChI=1S/C13H18O/c1-10(2)6-11-4-3-5-12(7-11)13-8-14-9-13/h3-5,7,10,13H,6,8-9H2,1-2H3. The molecule has 1 saturated heterocycles. The third kappa shape index (κ3) is 2.16. The predicted molar refractivity (Wildman–Crippen MR) is 58.5 cm³/mol. The van der Waals surface area contributed by atoms with E-state index in [0.29, 0.717) is 5.92 Å². The first-order valence-electron chi connectivity index (χ1n) is 5.42. The van der Waals surface area contributed by atoms with E-state index in [-0.39, 0.29) is 0 Å². The Kier molecular flexibility index (Phi) is 2.87. The average molecular weight is 190 g/mol. The van der Waals surface area contributed by atoms with Crippen LogP contribution in [0.3, 0.4) is 0 Å². The molecule has 0 spiro atoms. The summed E-state index contributed by atoms with van der Waals surface area (Å²) in [4.78, 5) is 0. The lowest BCUT2D eigenvalue weighted by atomic mass is 9.93. The van der Waals surface area contributed by atoms with Crippen LogP contribution in [0.25, 0.3) is 0 Å². The van der Waals surface area contributed by atoms with Gasteiger partial charge in [0.15, 0.2) is 0 Å². The van der Waals surface area contributed by atoms with Crippen LogP contribution in [0.4, 0.5) is 0 Å². The molecule has 2 rings (SSSR count). The average Bonchev–Trinajstić information content (AvgIpc) is 1.99. The molecule has 1 heteroatoms. The summed E-state index contributed by atoms with van der Waals surface area (Å²) in [5.41, 5.74) is 2.92. The molecule has 1 aliphatic rings. The first-order chi connectivity index (χ1) is 6.75. The summed E-state index contributed by atoms with van der Waals surface area (Å²) in [7, 11) is 0. The molecule has 0 aromatic heterocycles. The fourth-order valence-corrected chi connectivity index (χ4v) is 1.87. The molecule has 1 aromatic rings. The van der Waals surface area contributed by atoms with E-state index >= 15 is 0 Å². The highest BCUT2D eigenvalue weighted by molar-refractivity contribution is 5.27. The van der Waals surface area contributed by atoms with Crippen LogP contribution >= 0.6 is 0 Å². The molecule has 1 aromatic carbocycles. The van der Waals surface area contributed by atoms with Gasteiger partial charge in [0.1, 0.15) is 0 Å². The zero-order valence-electron chi connectivity index (χ0n) is 8.99. The Balaban J connectivity index is 2.09. The summed E-state index contributed by atoms with van der Waals surface area (Å²) in [5.74, 6) is 1.39. The first-order valence-corrected chi connectivity index (χ1v) is 5.42. The number of benzene rings is 1. The Morgan fingerprint density at radius 3 is 2.71 bits per heavy atom. The monoisotopic (exact) mass is 190 g/mol. The van der Waals surface area contributed by atoms with E-state index in [1.807, 2.05) is 0 Å². The van der Waals surface area contributed by atoms with E-state index < -0.39 is 0 Å². The van der Waals surface area contributed by atoms with E-state index in [2.05, 4.69) is 38.1 Å². The minimum Gasteiger partial charge on any atom is -0.380 e. The van der Waals surface area contributed by atoms with E-state index in [1.54, 1.807) is 0 Å². The number of rotatable bonds is 3. The Labute approximate surface area is 86.1 Å². The van der Waals surface area contributed by atoms with Gasteiger partial charge in [-0.1, -0.05) is 38.1 Å². The second-order valence-corrected chi connectivity index (χ2v) is 4.58. The third-order valence-corrected chi connectivity index (χ3v) is 2.70. The van der Waals surface area contributed by atoms with E-state index in [1.165, 1.54) is 17.5 Å². The van der Waals surface area contributed by atoms with Crippen molar-refractivity contribution in [2.24, 2.45) is 5.92 Å². The van der Waals surface area contributed by atoms with Crippen LogP contribution in [0.15, 0.2) is 24.3 Å². The van der Waals surface area contributed by atoms with Crippen LogP contribution in [-0.4, -0.2) is 13.2 Å². The highest BCUT2D eigenvalue weighted by Gasteiger charge is 2.20. The molecular weight excluding hydrogens is 172 g/mol. The molecule has 1 heterocycles. The maximum atomic E-state index is 5.21. The quantitative estimate of drug-likeness (QED) is 0.712. The Hall–Kier alpha value is -0.820. The van der Waals surface area contributed by atoms with Gasteiger partial charge in [-0.3, -0.25) is 0 Å². The van der Waals surface area contributed by atoms with Crippen LogP contribution in [0.5, 0.6) is 0 Å². The molecule has 14 heavy (non-hydrogen) atoms. The molecule has 1 aliphatic heterocycles. The van der Waals surface area contributed by atoms with Gasteiger partial charge in [0.2, 0.25) is 0 Å². The minimum atomic E-state index is 0.655. The Morgan fingerprint density at radius 2 is 2.14 bits per heavy atom. The molecule has 0 radical (unpaired) electrons. The van der Waals surface area contributed by atoms with Crippen molar-refractivity contribution in [2.75, 3.05) is 13.2 Å². The van der Waals surface area contributed by atoms with Gasteiger partial charge < -0.3 is 4.74 Å². The van der Waals surface area contributed by atoms with Crippen molar-refractivity contribution in [1.29, 1.82) is 0 Å². The molecule has 76 valence electrons. The van der Waals surface area contributed by atoms with Gasteiger partial charge in [0.25, 0.3) is 0 Å². The molecule has 0 aliphatic carbocycles. The van der Waals surface area contributed by atoms with Gasteiger partial charge in [-0.2, -0.15) is 0 Å². The topological polar surface area (TPSA) is 9.23 Å². The molecule has 0 unspecified atom stereocenters. The Morgan fingerprint density at radius 1 is 1.36 bits per heavy atom. The molecule has 0 bridgehead atoms. The smallest absolute Gasteiger partial charge is 0.0557 e. The highest BCUT2D eigenvalue weighted by Crippen LogP contribution is 2.25. The summed E-state index contributed by atoms with van der Waals surface area (Å²) in [6.45, 7) is 6.34. The maximum absolute atomic E-state index is 5.21. The van der Waals surface area contributed by atoms with Crippen LogP contribution in [0, 0.1) is 5.92 Å². The summed E-state index contributed by atoms with van der Waals surface area (Å²) in [6.07, 6.45) is 1.18. The van der Waals surface area contributed by atoms with Gasteiger partial charge in [-0.15, -0.1) is 0 Å².